The van der Waals surface area contributed by atoms with Gasteiger partial charge in [-0.1, -0.05) is 0 Å². The molecule has 1 spiro atoms. The largest absolute Gasteiger partial charge is 0.493 e. The predicted octanol–water partition coefficient (Wildman–Crippen LogP) is 3.02. The van der Waals surface area contributed by atoms with Gasteiger partial charge < -0.3 is 27.3 Å². The van der Waals surface area contributed by atoms with Gasteiger partial charge in [0.2, 0.25) is 0 Å². The van der Waals surface area contributed by atoms with Gasteiger partial charge in [-0.25, -0.2) is 9.97 Å². The fourth-order valence-electron chi connectivity index (χ4n) is 4.44. The molecule has 0 amide bonds. The summed E-state index contributed by atoms with van der Waals surface area (Å²) in [5, 5.41) is 0.969. The second kappa shape index (κ2) is 8.31. The zero-order valence-corrected chi connectivity index (χ0v) is 18.1. The van der Waals surface area contributed by atoms with Gasteiger partial charge in [0.25, 0.3) is 0 Å². The third-order valence-corrected chi connectivity index (χ3v) is 7.34. The van der Waals surface area contributed by atoms with Crippen LogP contribution in [0.5, 0.6) is 11.5 Å². The summed E-state index contributed by atoms with van der Waals surface area (Å²) < 4.78 is 29.3. The van der Waals surface area contributed by atoms with E-state index in [1.54, 1.807) is 20.5 Å². The number of anilines is 1. The SMILES string of the molecule is CCN=[S-](=O)N1CCC2(CCN(c3ncnc4cc(OC)c(OC)cc34)CC2)C1. The predicted molar refractivity (Wildman–Crippen MR) is 114 cm³/mol. The summed E-state index contributed by atoms with van der Waals surface area (Å²) in [6, 6.07) is 3.85. The molecule has 158 valence electrons. The molecule has 0 N–H and O–H groups in total. The van der Waals surface area contributed by atoms with Crippen molar-refractivity contribution in [2.75, 3.05) is 51.8 Å². The van der Waals surface area contributed by atoms with Crippen LogP contribution in [0, 0.1) is 5.41 Å². The highest BCUT2D eigenvalue weighted by molar-refractivity contribution is 7.72. The van der Waals surface area contributed by atoms with Crippen LogP contribution >= 0.6 is 0 Å². The zero-order chi connectivity index (χ0) is 20.4. The molecular weight excluding hydrogens is 390 g/mol. The molecule has 4 rings (SSSR count). The van der Waals surface area contributed by atoms with Crippen molar-refractivity contribution in [2.24, 2.45) is 9.78 Å². The Balaban J connectivity index is 1.54. The van der Waals surface area contributed by atoms with E-state index in [1.165, 1.54) is 0 Å². The van der Waals surface area contributed by atoms with Gasteiger partial charge in [0.05, 0.1) is 19.7 Å². The maximum absolute atomic E-state index is 12.2. The van der Waals surface area contributed by atoms with Crippen LogP contribution in [-0.4, -0.2) is 61.2 Å². The van der Waals surface area contributed by atoms with Gasteiger partial charge in [-0.3, -0.25) is 0 Å². The second-order valence-electron chi connectivity index (χ2n) is 7.70. The molecule has 29 heavy (non-hydrogen) atoms. The first-order chi connectivity index (χ1) is 14.1. The Hall–Kier alpha value is -2.13. The van der Waals surface area contributed by atoms with Crippen molar-refractivity contribution in [1.82, 2.24) is 14.3 Å². The van der Waals surface area contributed by atoms with E-state index in [-0.39, 0.29) is 5.41 Å². The molecule has 0 saturated carbocycles. The van der Waals surface area contributed by atoms with Crippen molar-refractivity contribution in [3.05, 3.63) is 18.5 Å². The Morgan fingerprint density at radius 1 is 1.10 bits per heavy atom. The zero-order valence-electron chi connectivity index (χ0n) is 17.3. The summed E-state index contributed by atoms with van der Waals surface area (Å²) in [6.07, 6.45) is 4.82. The number of ether oxygens (including phenoxy) is 2. The fourth-order valence-corrected chi connectivity index (χ4v) is 5.46. The summed E-state index contributed by atoms with van der Waals surface area (Å²) in [5.74, 6) is 2.28. The summed E-state index contributed by atoms with van der Waals surface area (Å²) >= 11 is 0. The van der Waals surface area contributed by atoms with E-state index in [0.29, 0.717) is 18.0 Å². The van der Waals surface area contributed by atoms with Crippen molar-refractivity contribution in [3.8, 4) is 11.5 Å². The third kappa shape index (κ3) is 3.85. The van der Waals surface area contributed by atoms with Crippen LogP contribution < -0.4 is 14.4 Å². The van der Waals surface area contributed by atoms with Crippen molar-refractivity contribution in [2.45, 2.75) is 26.2 Å². The minimum atomic E-state index is -1.20. The molecule has 0 atom stereocenters. The Morgan fingerprint density at radius 2 is 1.79 bits per heavy atom. The highest BCUT2D eigenvalue weighted by Gasteiger charge is 2.39. The number of methoxy groups -OCH3 is 2. The third-order valence-electron chi connectivity index (χ3n) is 6.11. The molecule has 0 radical (unpaired) electrons. The number of piperidine rings is 1. The first-order valence-corrected chi connectivity index (χ1v) is 11.1. The van der Waals surface area contributed by atoms with E-state index in [0.717, 1.165) is 62.2 Å². The van der Waals surface area contributed by atoms with Gasteiger partial charge in [-0.2, -0.15) is 0 Å². The molecule has 9 heteroatoms. The lowest BCUT2D eigenvalue weighted by atomic mass is 9.78. The normalized spacial score (nSPS) is 20.4. The maximum atomic E-state index is 12.2. The molecule has 0 unspecified atom stereocenters. The molecule has 0 aliphatic carbocycles. The highest BCUT2D eigenvalue weighted by Crippen LogP contribution is 2.42. The van der Waals surface area contributed by atoms with E-state index in [2.05, 4.69) is 19.2 Å². The van der Waals surface area contributed by atoms with Crippen LogP contribution in [-0.2, 0) is 15.0 Å². The molecule has 2 fully saturated rings. The number of nitrogens with zero attached hydrogens (tertiary/aromatic N) is 5. The molecule has 2 aliphatic rings. The number of benzene rings is 1. The van der Waals surface area contributed by atoms with Gasteiger partial charge in [0.15, 0.2) is 11.5 Å². The molecule has 2 aliphatic heterocycles. The van der Waals surface area contributed by atoms with Crippen molar-refractivity contribution in [3.63, 3.8) is 0 Å². The lowest BCUT2D eigenvalue weighted by Crippen LogP contribution is -2.42. The molecule has 8 nitrogen and oxygen atoms in total. The minimum Gasteiger partial charge on any atom is -0.493 e. The number of hydrogen-bond acceptors (Lipinski definition) is 8. The van der Waals surface area contributed by atoms with E-state index in [4.69, 9.17) is 9.47 Å². The Morgan fingerprint density at radius 3 is 2.48 bits per heavy atom. The van der Waals surface area contributed by atoms with Gasteiger partial charge >= 0.3 is 0 Å². The Bertz CT molecular complexity index is 968. The summed E-state index contributed by atoms with van der Waals surface area (Å²) in [6.45, 7) is 6.10. The Labute approximate surface area is 173 Å². The van der Waals surface area contributed by atoms with Crippen LogP contribution in [0.2, 0.25) is 0 Å². The highest BCUT2D eigenvalue weighted by atomic mass is 32.2. The number of aromatic nitrogens is 2. The topological polar surface area (TPSA) is 80.2 Å². The Kier molecular flexibility index (Phi) is 5.78. The van der Waals surface area contributed by atoms with Gasteiger partial charge in [-0.05, 0) is 50.8 Å². The number of rotatable bonds is 5. The van der Waals surface area contributed by atoms with E-state index >= 15 is 0 Å². The first-order valence-electron chi connectivity index (χ1n) is 10.1. The second-order valence-corrected chi connectivity index (χ2v) is 8.93. The summed E-state index contributed by atoms with van der Waals surface area (Å²) in [4.78, 5) is 11.3. The molecule has 0 bridgehead atoms. The molecule has 1 aromatic carbocycles. The van der Waals surface area contributed by atoms with Crippen LogP contribution in [0.3, 0.4) is 0 Å². The van der Waals surface area contributed by atoms with E-state index < -0.39 is 10.8 Å². The molecule has 3 heterocycles. The average Bonchev–Trinajstić information content (AvgIpc) is 3.17. The molecular formula is C20H28N5O3S-. The minimum absolute atomic E-state index is 0.235. The number of hydrogen-bond donors (Lipinski definition) is 0. The van der Waals surface area contributed by atoms with Crippen molar-refractivity contribution in [1.29, 1.82) is 0 Å². The maximum Gasteiger partial charge on any atom is 0.162 e. The van der Waals surface area contributed by atoms with Crippen molar-refractivity contribution >= 4 is 27.5 Å². The quantitative estimate of drug-likeness (QED) is 0.695. The lowest BCUT2D eigenvalue weighted by molar-refractivity contribution is 0.236. The van der Waals surface area contributed by atoms with E-state index in [9.17, 15) is 4.21 Å². The number of fused-ring (bicyclic) bond motifs is 1. The first kappa shape index (κ1) is 20.2. The average molecular weight is 419 g/mol. The molecule has 2 saturated heterocycles. The summed E-state index contributed by atoms with van der Waals surface area (Å²) in [7, 11) is 2.07. The van der Waals surface area contributed by atoms with Crippen molar-refractivity contribution < 1.29 is 13.7 Å². The van der Waals surface area contributed by atoms with Crippen LogP contribution in [0.1, 0.15) is 26.2 Å². The van der Waals surface area contributed by atoms with Crippen LogP contribution in [0.4, 0.5) is 5.82 Å². The summed E-state index contributed by atoms with van der Waals surface area (Å²) in [5.41, 5.74) is 1.08. The smallest absolute Gasteiger partial charge is 0.162 e. The van der Waals surface area contributed by atoms with Gasteiger partial charge in [0, 0.05) is 31.1 Å². The lowest BCUT2D eigenvalue weighted by Gasteiger charge is -2.40. The van der Waals surface area contributed by atoms with Crippen LogP contribution in [0.25, 0.3) is 10.9 Å². The van der Waals surface area contributed by atoms with Crippen LogP contribution in [0.15, 0.2) is 22.8 Å². The van der Waals surface area contributed by atoms with Gasteiger partial charge in [-0.15, -0.1) is 10.8 Å². The molecule has 1 aromatic heterocycles. The van der Waals surface area contributed by atoms with E-state index in [1.807, 2.05) is 23.4 Å². The monoisotopic (exact) mass is 418 g/mol. The fraction of sp³-hybridized carbons (Fsp3) is 0.600. The standard InChI is InChI=1S/C20H28N5O3S/c1-4-23-29(26)25-10-7-20(13-25)5-8-24(9-6-20)19-15-11-17(27-2)18(28-3)12-16(15)21-14-22-19/h11-12,14H,4-10,13H2,1-3H3/q-1. The van der Waals surface area contributed by atoms with Gasteiger partial charge in [0.1, 0.15) is 12.1 Å². The molecule has 2 aromatic rings.